The van der Waals surface area contributed by atoms with E-state index in [0.29, 0.717) is 16.0 Å². The molecule has 2 aromatic rings. The highest BCUT2D eigenvalue weighted by atomic mass is 35.5. The zero-order chi connectivity index (χ0) is 16.4. The molecule has 122 valence electrons. The van der Waals surface area contributed by atoms with E-state index in [2.05, 4.69) is 36.3 Å². The molecule has 0 saturated carbocycles. The second-order valence-corrected chi connectivity index (χ2v) is 7.62. The smallest absolute Gasteiger partial charge is 0.275 e. The predicted octanol–water partition coefficient (Wildman–Crippen LogP) is 3.78. The standard InChI is InChI=1S/C17H20ClN3OS/c1-12-5-3-4-6-15(12)23-13-7-9-21(10-8-13)17(22)16-14(18)11-20(2)19-16/h3-6,11,13H,7-10H2,1-2H3. The Morgan fingerprint density at radius 3 is 2.61 bits per heavy atom. The third-order valence-corrected chi connectivity index (χ3v) is 5.90. The number of hydrogen-bond acceptors (Lipinski definition) is 3. The minimum Gasteiger partial charge on any atom is -0.337 e. The number of amides is 1. The first-order valence-electron chi connectivity index (χ1n) is 7.75. The van der Waals surface area contributed by atoms with Gasteiger partial charge in [-0.15, -0.1) is 11.8 Å². The van der Waals surface area contributed by atoms with Crippen molar-refractivity contribution in [3.63, 3.8) is 0 Å². The quantitative estimate of drug-likeness (QED) is 0.846. The Labute approximate surface area is 145 Å². The van der Waals surface area contributed by atoms with Gasteiger partial charge in [0.25, 0.3) is 5.91 Å². The summed E-state index contributed by atoms with van der Waals surface area (Å²) in [5.74, 6) is -0.0602. The van der Waals surface area contributed by atoms with Crippen molar-refractivity contribution in [3.8, 4) is 0 Å². The van der Waals surface area contributed by atoms with Gasteiger partial charge < -0.3 is 4.90 Å². The number of hydrogen-bond donors (Lipinski definition) is 0. The minimum atomic E-state index is -0.0602. The largest absolute Gasteiger partial charge is 0.337 e. The number of aromatic nitrogens is 2. The van der Waals surface area contributed by atoms with Gasteiger partial charge in [-0.2, -0.15) is 5.10 Å². The van der Waals surface area contributed by atoms with Crippen molar-refractivity contribution in [3.05, 3.63) is 46.7 Å². The molecule has 23 heavy (non-hydrogen) atoms. The fraction of sp³-hybridized carbons (Fsp3) is 0.412. The van der Waals surface area contributed by atoms with E-state index in [9.17, 15) is 4.79 Å². The second kappa shape index (κ2) is 6.97. The Balaban J connectivity index is 1.59. The SMILES string of the molecule is Cc1ccccc1SC1CCN(C(=O)c2nn(C)cc2Cl)CC1. The van der Waals surface area contributed by atoms with Crippen LogP contribution < -0.4 is 0 Å². The molecule has 0 N–H and O–H groups in total. The molecule has 4 nitrogen and oxygen atoms in total. The molecule has 1 aliphatic heterocycles. The number of benzene rings is 1. The second-order valence-electron chi connectivity index (χ2n) is 5.87. The van der Waals surface area contributed by atoms with E-state index in [1.807, 2.05) is 16.7 Å². The fourth-order valence-corrected chi connectivity index (χ4v) is 4.28. The van der Waals surface area contributed by atoms with Crippen LogP contribution in [0.4, 0.5) is 0 Å². The molecule has 0 spiro atoms. The van der Waals surface area contributed by atoms with Crippen molar-refractivity contribution in [1.29, 1.82) is 0 Å². The van der Waals surface area contributed by atoms with Gasteiger partial charge in [-0.05, 0) is 31.4 Å². The maximum absolute atomic E-state index is 12.5. The van der Waals surface area contributed by atoms with Crippen molar-refractivity contribution in [1.82, 2.24) is 14.7 Å². The Morgan fingerprint density at radius 2 is 2.00 bits per heavy atom. The first-order valence-corrected chi connectivity index (χ1v) is 9.01. The van der Waals surface area contributed by atoms with Crippen LogP contribution in [0.15, 0.2) is 35.4 Å². The zero-order valence-corrected chi connectivity index (χ0v) is 14.9. The van der Waals surface area contributed by atoms with Crippen LogP contribution in [0.1, 0.15) is 28.9 Å². The number of rotatable bonds is 3. The lowest BCUT2D eigenvalue weighted by molar-refractivity contribution is 0.0721. The molecule has 1 amide bonds. The molecule has 1 saturated heterocycles. The molecule has 0 aliphatic carbocycles. The van der Waals surface area contributed by atoms with Crippen LogP contribution in [0, 0.1) is 6.92 Å². The van der Waals surface area contributed by atoms with Gasteiger partial charge in [0.15, 0.2) is 5.69 Å². The number of thioether (sulfide) groups is 1. The number of carbonyl (C=O) groups is 1. The molecule has 1 aliphatic rings. The van der Waals surface area contributed by atoms with Crippen molar-refractivity contribution in [2.75, 3.05) is 13.1 Å². The Hall–Kier alpha value is -1.46. The monoisotopic (exact) mass is 349 g/mol. The van der Waals surface area contributed by atoms with E-state index in [-0.39, 0.29) is 5.91 Å². The van der Waals surface area contributed by atoms with E-state index < -0.39 is 0 Å². The summed E-state index contributed by atoms with van der Waals surface area (Å²) in [6, 6.07) is 8.46. The molecular formula is C17H20ClN3OS. The molecule has 1 aromatic heterocycles. The summed E-state index contributed by atoms with van der Waals surface area (Å²) in [4.78, 5) is 15.7. The molecule has 3 rings (SSSR count). The van der Waals surface area contributed by atoms with Gasteiger partial charge in [-0.1, -0.05) is 29.8 Å². The molecule has 2 heterocycles. The van der Waals surface area contributed by atoms with E-state index in [4.69, 9.17) is 11.6 Å². The van der Waals surface area contributed by atoms with Crippen LogP contribution in [0.3, 0.4) is 0 Å². The van der Waals surface area contributed by atoms with Gasteiger partial charge in [0.1, 0.15) is 0 Å². The van der Waals surface area contributed by atoms with Crippen LogP contribution in [0.5, 0.6) is 0 Å². The molecule has 1 aromatic carbocycles. The van der Waals surface area contributed by atoms with Crippen molar-refractivity contribution in [2.45, 2.75) is 29.9 Å². The number of aryl methyl sites for hydroxylation is 2. The third kappa shape index (κ3) is 3.72. The van der Waals surface area contributed by atoms with Gasteiger partial charge in [-0.25, -0.2) is 0 Å². The minimum absolute atomic E-state index is 0.0602. The van der Waals surface area contributed by atoms with Gasteiger partial charge >= 0.3 is 0 Å². The summed E-state index contributed by atoms with van der Waals surface area (Å²) in [6.45, 7) is 3.66. The van der Waals surface area contributed by atoms with Crippen LogP contribution in [-0.4, -0.2) is 38.9 Å². The normalized spacial score (nSPS) is 15.9. The van der Waals surface area contributed by atoms with Crippen molar-refractivity contribution in [2.24, 2.45) is 7.05 Å². The van der Waals surface area contributed by atoms with Crippen LogP contribution >= 0.6 is 23.4 Å². The molecule has 0 atom stereocenters. The van der Waals surface area contributed by atoms with E-state index in [0.717, 1.165) is 25.9 Å². The zero-order valence-electron chi connectivity index (χ0n) is 13.3. The highest BCUT2D eigenvalue weighted by Gasteiger charge is 2.27. The maximum atomic E-state index is 12.5. The Morgan fingerprint density at radius 1 is 1.30 bits per heavy atom. The summed E-state index contributed by atoms with van der Waals surface area (Å²) in [7, 11) is 1.77. The molecule has 6 heteroatoms. The maximum Gasteiger partial charge on any atom is 0.275 e. The topological polar surface area (TPSA) is 38.1 Å². The number of piperidine rings is 1. The first-order chi connectivity index (χ1) is 11.0. The molecular weight excluding hydrogens is 330 g/mol. The molecule has 1 fully saturated rings. The average Bonchev–Trinajstić information content (AvgIpc) is 2.88. The van der Waals surface area contributed by atoms with E-state index >= 15 is 0 Å². The third-order valence-electron chi connectivity index (χ3n) is 4.10. The fourth-order valence-electron chi connectivity index (χ4n) is 2.80. The summed E-state index contributed by atoms with van der Waals surface area (Å²) in [5, 5.41) is 5.15. The number of nitrogens with zero attached hydrogens (tertiary/aromatic N) is 3. The molecule has 0 unspecified atom stereocenters. The van der Waals surface area contributed by atoms with Gasteiger partial charge in [0.2, 0.25) is 0 Å². The highest BCUT2D eigenvalue weighted by Crippen LogP contribution is 2.32. The summed E-state index contributed by atoms with van der Waals surface area (Å²) < 4.78 is 1.58. The number of halogens is 1. The van der Waals surface area contributed by atoms with Crippen LogP contribution in [0.25, 0.3) is 0 Å². The van der Waals surface area contributed by atoms with E-state index in [1.165, 1.54) is 10.5 Å². The summed E-state index contributed by atoms with van der Waals surface area (Å²) >= 11 is 8.00. The number of likely N-dealkylation sites (tertiary alicyclic amines) is 1. The first kappa shape index (κ1) is 16.4. The Bertz CT molecular complexity index is 708. The molecule has 0 bridgehead atoms. The Kier molecular flexibility index (Phi) is 4.97. The van der Waals surface area contributed by atoms with Gasteiger partial charge in [-0.3, -0.25) is 9.48 Å². The van der Waals surface area contributed by atoms with Crippen LogP contribution in [0.2, 0.25) is 5.02 Å². The lowest BCUT2D eigenvalue weighted by Gasteiger charge is -2.31. The average molecular weight is 350 g/mol. The summed E-state index contributed by atoms with van der Waals surface area (Å²) in [5.41, 5.74) is 1.68. The predicted molar refractivity (Wildman–Crippen MR) is 94.2 cm³/mol. The van der Waals surface area contributed by atoms with Crippen molar-refractivity contribution >= 4 is 29.3 Å². The van der Waals surface area contributed by atoms with E-state index in [1.54, 1.807) is 17.9 Å². The lowest BCUT2D eigenvalue weighted by atomic mass is 10.1. The van der Waals surface area contributed by atoms with Gasteiger partial charge in [0.05, 0.1) is 5.02 Å². The highest BCUT2D eigenvalue weighted by molar-refractivity contribution is 8.00. The van der Waals surface area contributed by atoms with Gasteiger partial charge in [0, 0.05) is 36.5 Å². The lowest BCUT2D eigenvalue weighted by Crippen LogP contribution is -2.39. The summed E-state index contributed by atoms with van der Waals surface area (Å²) in [6.07, 6.45) is 3.65. The van der Waals surface area contributed by atoms with Crippen LogP contribution in [-0.2, 0) is 7.05 Å². The number of carbonyl (C=O) groups excluding carboxylic acids is 1. The molecule has 0 radical (unpaired) electrons. The van der Waals surface area contributed by atoms with Crippen molar-refractivity contribution < 1.29 is 4.79 Å².